The molecule has 1 saturated carbocycles. The van der Waals surface area contributed by atoms with Gasteiger partial charge in [-0.1, -0.05) is 48.3 Å². The molecule has 0 radical (unpaired) electrons. The second-order valence-corrected chi connectivity index (χ2v) is 5.74. The maximum Gasteiger partial charge on any atom is 0.0178 e. The first-order chi connectivity index (χ1) is 7.69. The van der Waals surface area contributed by atoms with Gasteiger partial charge in [0.25, 0.3) is 0 Å². The number of halogens is 1. The second-order valence-electron chi connectivity index (χ2n) is 4.83. The summed E-state index contributed by atoms with van der Waals surface area (Å²) in [4.78, 5) is 0. The normalized spacial score (nSPS) is 33.5. The first kappa shape index (κ1) is 12.1. The molecule has 16 heavy (non-hydrogen) atoms. The fourth-order valence-electron chi connectivity index (χ4n) is 3.33. The third-order valence-corrected chi connectivity index (χ3v) is 4.59. The van der Waals surface area contributed by atoms with Crippen LogP contribution >= 0.6 is 15.9 Å². The fraction of sp³-hybridized carbons (Fsp3) is 0.571. The molecule has 1 aromatic carbocycles. The molecule has 2 heteroatoms. The Morgan fingerprint density at radius 1 is 1.38 bits per heavy atom. The van der Waals surface area contributed by atoms with Crippen LogP contribution in [0.5, 0.6) is 0 Å². The molecule has 1 aliphatic rings. The van der Waals surface area contributed by atoms with E-state index in [-0.39, 0.29) is 0 Å². The second kappa shape index (κ2) is 4.89. The molecular weight excluding hydrogens is 262 g/mol. The maximum atomic E-state index is 3.56. The molecule has 0 spiro atoms. The molecule has 0 bridgehead atoms. The van der Waals surface area contributed by atoms with Crippen LogP contribution in [0.25, 0.3) is 0 Å². The Kier molecular flexibility index (Phi) is 3.70. The highest BCUT2D eigenvalue weighted by molar-refractivity contribution is 9.10. The summed E-state index contributed by atoms with van der Waals surface area (Å²) < 4.78 is 1.19. The predicted octanol–water partition coefficient (Wildman–Crippen LogP) is 3.80. The number of benzene rings is 1. The SMILES string of the molecule is CCC1C(NC)C(C)C1c1cccc(Br)c1. The van der Waals surface area contributed by atoms with Crippen molar-refractivity contribution in [1.82, 2.24) is 5.32 Å². The minimum Gasteiger partial charge on any atom is -0.316 e. The standard InChI is InChI=1S/C14H20BrN/c1-4-12-13(9(2)14(12)16-3)10-6-5-7-11(15)8-10/h5-9,12-14,16H,4H2,1-3H3. The lowest BCUT2D eigenvalue weighted by molar-refractivity contribution is 0.0847. The first-order valence-corrected chi connectivity index (χ1v) is 6.91. The van der Waals surface area contributed by atoms with E-state index in [0.717, 1.165) is 17.8 Å². The Balaban J connectivity index is 2.22. The predicted molar refractivity (Wildman–Crippen MR) is 72.7 cm³/mol. The minimum atomic E-state index is 0.689. The largest absolute Gasteiger partial charge is 0.316 e. The van der Waals surface area contributed by atoms with Crippen molar-refractivity contribution in [2.75, 3.05) is 7.05 Å². The molecule has 0 aromatic heterocycles. The minimum absolute atomic E-state index is 0.689. The van der Waals surface area contributed by atoms with Crippen molar-refractivity contribution in [3.8, 4) is 0 Å². The van der Waals surface area contributed by atoms with Gasteiger partial charge in [-0.15, -0.1) is 0 Å². The van der Waals surface area contributed by atoms with Gasteiger partial charge in [-0.25, -0.2) is 0 Å². The van der Waals surface area contributed by atoms with E-state index in [1.165, 1.54) is 16.5 Å². The number of nitrogens with one attached hydrogen (secondary N) is 1. The lowest BCUT2D eigenvalue weighted by Crippen LogP contribution is -2.54. The van der Waals surface area contributed by atoms with Crippen LogP contribution in [0.1, 0.15) is 31.7 Å². The molecule has 4 unspecified atom stereocenters. The highest BCUT2D eigenvalue weighted by Crippen LogP contribution is 2.49. The van der Waals surface area contributed by atoms with Crippen molar-refractivity contribution < 1.29 is 0 Å². The van der Waals surface area contributed by atoms with E-state index >= 15 is 0 Å². The Bertz CT molecular complexity index is 364. The monoisotopic (exact) mass is 281 g/mol. The van der Waals surface area contributed by atoms with E-state index in [2.05, 4.69) is 66.4 Å². The van der Waals surface area contributed by atoms with Crippen molar-refractivity contribution in [2.24, 2.45) is 11.8 Å². The highest BCUT2D eigenvalue weighted by Gasteiger charge is 2.46. The molecule has 1 nitrogen and oxygen atoms in total. The van der Waals surface area contributed by atoms with Crippen LogP contribution < -0.4 is 5.32 Å². The van der Waals surface area contributed by atoms with Gasteiger partial charge in [0.1, 0.15) is 0 Å². The molecule has 2 rings (SSSR count). The molecule has 1 N–H and O–H groups in total. The van der Waals surface area contributed by atoms with Crippen LogP contribution in [-0.4, -0.2) is 13.1 Å². The summed E-state index contributed by atoms with van der Waals surface area (Å²) in [6.45, 7) is 4.66. The molecule has 1 aromatic rings. The van der Waals surface area contributed by atoms with Crippen molar-refractivity contribution in [1.29, 1.82) is 0 Å². The molecule has 1 fully saturated rings. The van der Waals surface area contributed by atoms with Crippen LogP contribution in [0, 0.1) is 11.8 Å². The van der Waals surface area contributed by atoms with E-state index in [0.29, 0.717) is 6.04 Å². The van der Waals surface area contributed by atoms with Crippen LogP contribution in [0.3, 0.4) is 0 Å². The summed E-state index contributed by atoms with van der Waals surface area (Å²) in [5.74, 6) is 2.25. The van der Waals surface area contributed by atoms with Gasteiger partial charge in [0.2, 0.25) is 0 Å². The van der Waals surface area contributed by atoms with E-state index in [1.54, 1.807) is 0 Å². The Morgan fingerprint density at radius 2 is 2.12 bits per heavy atom. The Hall–Kier alpha value is -0.340. The fourth-order valence-corrected chi connectivity index (χ4v) is 3.75. The molecule has 0 saturated heterocycles. The van der Waals surface area contributed by atoms with Gasteiger partial charge in [0.05, 0.1) is 0 Å². The molecule has 0 aliphatic heterocycles. The third kappa shape index (κ3) is 1.93. The molecule has 0 amide bonds. The summed E-state index contributed by atoms with van der Waals surface area (Å²) in [5, 5.41) is 3.45. The van der Waals surface area contributed by atoms with Gasteiger partial charge in [-0.05, 0) is 42.5 Å². The van der Waals surface area contributed by atoms with Crippen LogP contribution in [-0.2, 0) is 0 Å². The van der Waals surface area contributed by atoms with Crippen LogP contribution in [0.15, 0.2) is 28.7 Å². The van der Waals surface area contributed by atoms with Gasteiger partial charge in [0, 0.05) is 10.5 Å². The average molecular weight is 282 g/mol. The molecule has 88 valence electrons. The molecule has 0 heterocycles. The van der Waals surface area contributed by atoms with Gasteiger partial charge in [0.15, 0.2) is 0 Å². The zero-order valence-corrected chi connectivity index (χ0v) is 11.8. The van der Waals surface area contributed by atoms with Crippen molar-refractivity contribution >= 4 is 15.9 Å². The van der Waals surface area contributed by atoms with E-state index in [1.807, 2.05) is 0 Å². The maximum absolute atomic E-state index is 3.56. The van der Waals surface area contributed by atoms with Gasteiger partial charge >= 0.3 is 0 Å². The molecule has 4 atom stereocenters. The zero-order chi connectivity index (χ0) is 11.7. The lowest BCUT2D eigenvalue weighted by atomic mass is 9.58. The molecular formula is C14H20BrN. The van der Waals surface area contributed by atoms with Crippen molar-refractivity contribution in [3.63, 3.8) is 0 Å². The van der Waals surface area contributed by atoms with E-state index < -0.39 is 0 Å². The topological polar surface area (TPSA) is 12.0 Å². The van der Waals surface area contributed by atoms with Gasteiger partial charge < -0.3 is 5.32 Å². The van der Waals surface area contributed by atoms with Crippen molar-refractivity contribution in [3.05, 3.63) is 34.3 Å². The average Bonchev–Trinajstić information content (AvgIpc) is 2.26. The molecule has 1 aliphatic carbocycles. The lowest BCUT2D eigenvalue weighted by Gasteiger charge is -2.51. The van der Waals surface area contributed by atoms with Crippen LogP contribution in [0.2, 0.25) is 0 Å². The quantitative estimate of drug-likeness (QED) is 0.889. The number of hydrogen-bond acceptors (Lipinski definition) is 1. The smallest absolute Gasteiger partial charge is 0.0178 e. The Labute approximate surface area is 107 Å². The summed E-state index contributed by atoms with van der Waals surface area (Å²) in [7, 11) is 2.08. The zero-order valence-electron chi connectivity index (χ0n) is 10.2. The van der Waals surface area contributed by atoms with E-state index in [9.17, 15) is 0 Å². The highest BCUT2D eigenvalue weighted by atomic mass is 79.9. The Morgan fingerprint density at radius 3 is 2.69 bits per heavy atom. The number of rotatable bonds is 3. The van der Waals surface area contributed by atoms with Crippen molar-refractivity contribution in [2.45, 2.75) is 32.2 Å². The van der Waals surface area contributed by atoms with Gasteiger partial charge in [-0.2, -0.15) is 0 Å². The summed E-state index contributed by atoms with van der Waals surface area (Å²) in [6.07, 6.45) is 1.26. The van der Waals surface area contributed by atoms with E-state index in [4.69, 9.17) is 0 Å². The first-order valence-electron chi connectivity index (χ1n) is 6.11. The summed E-state index contributed by atoms with van der Waals surface area (Å²) >= 11 is 3.56. The third-order valence-electron chi connectivity index (χ3n) is 4.09. The number of hydrogen-bond donors (Lipinski definition) is 1. The van der Waals surface area contributed by atoms with Gasteiger partial charge in [-0.3, -0.25) is 0 Å². The summed E-state index contributed by atoms with van der Waals surface area (Å²) in [5.41, 5.74) is 1.49. The summed E-state index contributed by atoms with van der Waals surface area (Å²) in [6, 6.07) is 9.47. The van der Waals surface area contributed by atoms with Crippen LogP contribution in [0.4, 0.5) is 0 Å².